The van der Waals surface area contributed by atoms with Crippen molar-refractivity contribution in [2.24, 2.45) is 22.7 Å². The smallest absolute Gasteiger partial charge is 0.0580 e. The van der Waals surface area contributed by atoms with Gasteiger partial charge in [0.05, 0.1) is 6.10 Å². The zero-order chi connectivity index (χ0) is 17.1. The fraction of sp³-hybridized carbons (Fsp3) is 1.00. The summed E-state index contributed by atoms with van der Waals surface area (Å²) in [7, 11) is 2.26. The van der Waals surface area contributed by atoms with Crippen molar-refractivity contribution in [1.29, 1.82) is 0 Å². The van der Waals surface area contributed by atoms with Crippen LogP contribution < -0.4 is 0 Å². The van der Waals surface area contributed by atoms with Gasteiger partial charge in [0.2, 0.25) is 0 Å². The fourth-order valence-corrected chi connectivity index (χ4v) is 4.80. The van der Waals surface area contributed by atoms with Crippen LogP contribution >= 0.6 is 0 Å². The van der Waals surface area contributed by atoms with Crippen molar-refractivity contribution in [3.05, 3.63) is 0 Å². The molecule has 136 valence electrons. The molecule has 2 atom stereocenters. The summed E-state index contributed by atoms with van der Waals surface area (Å²) < 4.78 is 6.27. The molecule has 2 rings (SSSR count). The number of hydrogen-bond donors (Lipinski definition) is 0. The number of hydrogen-bond acceptors (Lipinski definition) is 2. The van der Waals surface area contributed by atoms with Gasteiger partial charge >= 0.3 is 0 Å². The molecular formula is C21H41NO. The monoisotopic (exact) mass is 323 g/mol. The van der Waals surface area contributed by atoms with Crippen molar-refractivity contribution in [3.63, 3.8) is 0 Å². The van der Waals surface area contributed by atoms with E-state index in [9.17, 15) is 0 Å². The van der Waals surface area contributed by atoms with Gasteiger partial charge in [0.15, 0.2) is 0 Å². The number of rotatable bonds is 5. The summed E-state index contributed by atoms with van der Waals surface area (Å²) in [5.41, 5.74) is 0.871. The summed E-state index contributed by atoms with van der Waals surface area (Å²) in [5.74, 6) is 1.71. The van der Waals surface area contributed by atoms with Gasteiger partial charge in [-0.3, -0.25) is 0 Å². The molecule has 0 aromatic rings. The molecule has 0 aromatic carbocycles. The molecule has 23 heavy (non-hydrogen) atoms. The lowest BCUT2D eigenvalue weighted by Gasteiger charge is -2.39. The predicted molar refractivity (Wildman–Crippen MR) is 99.8 cm³/mol. The van der Waals surface area contributed by atoms with E-state index in [1.165, 1.54) is 58.0 Å². The Morgan fingerprint density at radius 3 is 2.00 bits per heavy atom. The normalized spacial score (nSPS) is 29.0. The van der Waals surface area contributed by atoms with E-state index < -0.39 is 0 Å². The van der Waals surface area contributed by atoms with Crippen LogP contribution in [0.3, 0.4) is 0 Å². The van der Waals surface area contributed by atoms with Gasteiger partial charge in [0.1, 0.15) is 0 Å². The molecule has 0 radical (unpaired) electrons. The summed E-state index contributed by atoms with van der Waals surface area (Å²) >= 11 is 0. The zero-order valence-corrected chi connectivity index (χ0v) is 16.7. The van der Waals surface area contributed by atoms with E-state index in [0.29, 0.717) is 16.9 Å². The van der Waals surface area contributed by atoms with E-state index in [-0.39, 0.29) is 0 Å². The maximum Gasteiger partial charge on any atom is 0.0580 e. The predicted octanol–water partition coefficient (Wildman–Crippen LogP) is 5.37. The summed E-state index contributed by atoms with van der Waals surface area (Å²) in [6.07, 6.45) is 9.86. The van der Waals surface area contributed by atoms with E-state index >= 15 is 0 Å². The molecule has 0 saturated carbocycles. The number of ether oxygens (including phenoxy) is 1. The van der Waals surface area contributed by atoms with E-state index in [0.717, 1.165) is 18.4 Å². The Morgan fingerprint density at radius 2 is 1.48 bits per heavy atom. The number of nitrogens with zero attached hydrogens (tertiary/aromatic N) is 1. The molecule has 2 aliphatic heterocycles. The molecule has 2 saturated heterocycles. The van der Waals surface area contributed by atoms with Crippen molar-refractivity contribution in [2.75, 3.05) is 26.7 Å². The van der Waals surface area contributed by atoms with Crippen LogP contribution in [0, 0.1) is 22.7 Å². The van der Waals surface area contributed by atoms with Gasteiger partial charge in [0.25, 0.3) is 0 Å². The Kier molecular flexibility index (Phi) is 6.58. The van der Waals surface area contributed by atoms with Crippen molar-refractivity contribution < 1.29 is 4.74 Å². The highest BCUT2D eigenvalue weighted by atomic mass is 16.5. The molecule has 2 aliphatic rings. The Balaban J connectivity index is 1.72. The van der Waals surface area contributed by atoms with Crippen LogP contribution in [-0.4, -0.2) is 37.7 Å². The third-order valence-electron chi connectivity index (χ3n) is 5.83. The van der Waals surface area contributed by atoms with Crippen molar-refractivity contribution >= 4 is 0 Å². The average molecular weight is 324 g/mol. The van der Waals surface area contributed by atoms with Gasteiger partial charge in [0, 0.05) is 6.61 Å². The first kappa shape index (κ1) is 19.2. The van der Waals surface area contributed by atoms with Crippen molar-refractivity contribution in [2.45, 2.75) is 85.7 Å². The average Bonchev–Trinajstić information content (AvgIpc) is 2.41. The Bertz CT molecular complexity index is 341. The minimum Gasteiger partial charge on any atom is -0.378 e. The van der Waals surface area contributed by atoms with Gasteiger partial charge in [-0.1, -0.05) is 34.6 Å². The van der Waals surface area contributed by atoms with Crippen LogP contribution in [0.25, 0.3) is 0 Å². The largest absolute Gasteiger partial charge is 0.378 e. The standard InChI is InChI=1S/C21H41NO/c1-20(2,3)13-18-7-8-19(23-16-18)15-21(4,5)14-17-9-11-22(6)12-10-17/h17-19H,7-16H2,1-6H3/t18-,19?/m0/s1. The van der Waals surface area contributed by atoms with E-state index in [2.05, 4.69) is 46.6 Å². The summed E-state index contributed by atoms with van der Waals surface area (Å²) in [6.45, 7) is 15.6. The Morgan fingerprint density at radius 1 is 0.826 bits per heavy atom. The maximum atomic E-state index is 6.27. The lowest BCUT2D eigenvalue weighted by atomic mass is 9.74. The molecule has 0 spiro atoms. The molecule has 2 nitrogen and oxygen atoms in total. The SMILES string of the molecule is CN1CCC(CC(C)(C)CC2CC[C@@H](CC(C)(C)C)CO2)CC1. The first-order valence-corrected chi connectivity index (χ1v) is 9.93. The van der Waals surface area contributed by atoms with Crippen LogP contribution in [-0.2, 0) is 4.74 Å². The van der Waals surface area contributed by atoms with E-state index in [1.807, 2.05) is 0 Å². The second kappa shape index (κ2) is 7.87. The summed E-state index contributed by atoms with van der Waals surface area (Å²) in [6, 6.07) is 0. The van der Waals surface area contributed by atoms with Crippen LogP contribution in [0.2, 0.25) is 0 Å². The zero-order valence-electron chi connectivity index (χ0n) is 16.7. The Hall–Kier alpha value is -0.0800. The molecular weight excluding hydrogens is 282 g/mol. The minimum absolute atomic E-state index is 0.433. The Labute approximate surface area is 145 Å². The highest BCUT2D eigenvalue weighted by Crippen LogP contribution is 2.38. The van der Waals surface area contributed by atoms with Gasteiger partial charge in [-0.2, -0.15) is 0 Å². The minimum atomic E-state index is 0.433. The highest BCUT2D eigenvalue weighted by Gasteiger charge is 2.32. The van der Waals surface area contributed by atoms with Crippen LogP contribution in [0.4, 0.5) is 0 Å². The quantitative estimate of drug-likeness (QED) is 0.675. The number of piperidine rings is 1. The van der Waals surface area contributed by atoms with E-state index in [1.54, 1.807) is 0 Å². The third-order valence-corrected chi connectivity index (χ3v) is 5.83. The summed E-state index contributed by atoms with van der Waals surface area (Å²) in [4.78, 5) is 2.48. The molecule has 2 heterocycles. The molecule has 0 aliphatic carbocycles. The second-order valence-electron chi connectivity index (χ2n) is 10.5. The molecule has 0 bridgehead atoms. The molecule has 0 aromatic heterocycles. The maximum absolute atomic E-state index is 6.27. The lowest BCUT2D eigenvalue weighted by Crippen LogP contribution is -2.35. The van der Waals surface area contributed by atoms with Crippen LogP contribution in [0.15, 0.2) is 0 Å². The first-order chi connectivity index (χ1) is 10.6. The van der Waals surface area contributed by atoms with Gasteiger partial charge in [-0.15, -0.1) is 0 Å². The molecule has 1 unspecified atom stereocenters. The molecule has 2 fully saturated rings. The van der Waals surface area contributed by atoms with Crippen molar-refractivity contribution in [1.82, 2.24) is 4.90 Å². The third kappa shape index (κ3) is 7.13. The highest BCUT2D eigenvalue weighted by molar-refractivity contribution is 4.83. The van der Waals surface area contributed by atoms with Gasteiger partial charge in [-0.25, -0.2) is 0 Å². The molecule has 0 N–H and O–H groups in total. The van der Waals surface area contributed by atoms with Gasteiger partial charge in [-0.05, 0) is 87.7 Å². The molecule has 0 amide bonds. The first-order valence-electron chi connectivity index (χ1n) is 9.93. The molecule has 2 heteroatoms. The lowest BCUT2D eigenvalue weighted by molar-refractivity contribution is -0.0478. The fourth-order valence-electron chi connectivity index (χ4n) is 4.80. The van der Waals surface area contributed by atoms with Crippen LogP contribution in [0.5, 0.6) is 0 Å². The second-order valence-corrected chi connectivity index (χ2v) is 10.5. The topological polar surface area (TPSA) is 12.5 Å². The van der Waals surface area contributed by atoms with Crippen LogP contribution in [0.1, 0.15) is 79.6 Å². The summed E-state index contributed by atoms with van der Waals surface area (Å²) in [5, 5.41) is 0. The van der Waals surface area contributed by atoms with Crippen molar-refractivity contribution in [3.8, 4) is 0 Å². The van der Waals surface area contributed by atoms with Gasteiger partial charge < -0.3 is 9.64 Å². The number of likely N-dealkylation sites (tertiary alicyclic amines) is 1. The van der Waals surface area contributed by atoms with E-state index in [4.69, 9.17) is 4.74 Å².